The average molecular weight is 289 g/mol. The van der Waals surface area contributed by atoms with E-state index in [9.17, 15) is 4.79 Å². The maximum atomic E-state index is 11.4. The number of nitrogens with one attached hydrogen (secondary N) is 1. The Morgan fingerprint density at radius 3 is 2.43 bits per heavy atom. The van der Waals surface area contributed by atoms with Gasteiger partial charge in [0.2, 0.25) is 5.91 Å². The van der Waals surface area contributed by atoms with Crippen molar-refractivity contribution in [1.29, 1.82) is 0 Å². The summed E-state index contributed by atoms with van der Waals surface area (Å²) in [4.78, 5) is 13.5. The number of primary amides is 1. The molecule has 2 rings (SSSR count). The van der Waals surface area contributed by atoms with E-state index in [0.29, 0.717) is 18.6 Å². The third kappa shape index (κ3) is 4.74. The van der Waals surface area contributed by atoms with Crippen molar-refractivity contribution in [3.05, 3.63) is 29.8 Å². The number of nitrogens with zero attached hydrogens (tertiary/aromatic N) is 1. The van der Waals surface area contributed by atoms with E-state index in [1.807, 2.05) is 0 Å². The molecule has 0 bridgehead atoms. The van der Waals surface area contributed by atoms with Crippen molar-refractivity contribution >= 4 is 11.6 Å². The van der Waals surface area contributed by atoms with Crippen LogP contribution in [0.3, 0.4) is 0 Å². The number of nitrogens with two attached hydrogens (primary N) is 1. The first-order valence-electron chi connectivity index (χ1n) is 7.93. The zero-order chi connectivity index (χ0) is 15.2. The molecule has 0 heterocycles. The predicted octanol–water partition coefficient (Wildman–Crippen LogP) is 2.42. The minimum absolute atomic E-state index is 0.257. The van der Waals surface area contributed by atoms with Gasteiger partial charge < -0.3 is 16.0 Å². The van der Waals surface area contributed by atoms with Gasteiger partial charge in [0.15, 0.2) is 0 Å². The molecule has 1 fully saturated rings. The van der Waals surface area contributed by atoms with Crippen molar-refractivity contribution < 1.29 is 4.79 Å². The van der Waals surface area contributed by atoms with Crippen LogP contribution in [0.4, 0.5) is 5.69 Å². The Morgan fingerprint density at radius 2 is 1.90 bits per heavy atom. The highest BCUT2D eigenvalue weighted by atomic mass is 16.1. The number of amides is 1. The van der Waals surface area contributed by atoms with Gasteiger partial charge in [0.25, 0.3) is 0 Å². The number of hydrogen-bond donors (Lipinski definition) is 2. The molecule has 1 aromatic rings. The number of hydrogen-bond acceptors (Lipinski definition) is 3. The maximum absolute atomic E-state index is 11.4. The molecule has 1 aliphatic carbocycles. The number of carbonyl (C=O) groups excluding carboxylic acids is 1. The van der Waals surface area contributed by atoms with E-state index in [-0.39, 0.29) is 5.91 Å². The van der Waals surface area contributed by atoms with E-state index in [4.69, 9.17) is 5.73 Å². The Kier molecular flexibility index (Phi) is 5.62. The van der Waals surface area contributed by atoms with E-state index in [2.05, 4.69) is 48.3 Å². The topological polar surface area (TPSA) is 58.4 Å². The maximum Gasteiger partial charge on any atom is 0.236 e. The molecule has 0 aromatic heterocycles. The highest BCUT2D eigenvalue weighted by Crippen LogP contribution is 2.28. The van der Waals surface area contributed by atoms with Crippen molar-refractivity contribution in [3.8, 4) is 0 Å². The molecular formula is C17H27N3O. The van der Waals surface area contributed by atoms with Crippen molar-refractivity contribution in [2.45, 2.75) is 58.2 Å². The van der Waals surface area contributed by atoms with Gasteiger partial charge in [-0.25, -0.2) is 0 Å². The van der Waals surface area contributed by atoms with E-state index in [1.165, 1.54) is 18.4 Å². The fourth-order valence-corrected chi connectivity index (χ4v) is 2.94. The van der Waals surface area contributed by atoms with Gasteiger partial charge in [-0.05, 0) is 30.5 Å². The third-order valence-electron chi connectivity index (χ3n) is 4.07. The molecule has 4 nitrogen and oxygen atoms in total. The summed E-state index contributed by atoms with van der Waals surface area (Å²) in [6.07, 6.45) is 4.81. The molecule has 3 N–H and O–H groups in total. The monoisotopic (exact) mass is 289 g/mol. The smallest absolute Gasteiger partial charge is 0.236 e. The van der Waals surface area contributed by atoms with Crippen LogP contribution in [0.1, 0.15) is 45.1 Å². The van der Waals surface area contributed by atoms with Crippen LogP contribution in [0.2, 0.25) is 0 Å². The van der Waals surface area contributed by atoms with E-state index < -0.39 is 0 Å². The lowest BCUT2D eigenvalue weighted by atomic mass is 10.1. The van der Waals surface area contributed by atoms with Crippen molar-refractivity contribution in [2.75, 3.05) is 11.4 Å². The van der Waals surface area contributed by atoms with E-state index in [0.717, 1.165) is 25.1 Å². The lowest BCUT2D eigenvalue weighted by Gasteiger charge is -2.30. The minimum Gasteiger partial charge on any atom is -0.368 e. The summed E-state index contributed by atoms with van der Waals surface area (Å²) in [6.45, 7) is 5.47. The summed E-state index contributed by atoms with van der Waals surface area (Å²) in [5, 5.41) is 3.41. The molecule has 4 heteroatoms. The summed E-state index contributed by atoms with van der Waals surface area (Å²) in [6, 6.07) is 9.42. The second-order valence-electron chi connectivity index (χ2n) is 6.23. The van der Waals surface area contributed by atoms with E-state index >= 15 is 0 Å². The first kappa shape index (κ1) is 15.8. The fourth-order valence-electron chi connectivity index (χ4n) is 2.94. The zero-order valence-corrected chi connectivity index (χ0v) is 13.1. The summed E-state index contributed by atoms with van der Waals surface area (Å²) >= 11 is 0. The molecule has 116 valence electrons. The Labute approximate surface area is 127 Å². The molecule has 1 aliphatic rings. The van der Waals surface area contributed by atoms with Gasteiger partial charge in [-0.3, -0.25) is 4.79 Å². The van der Waals surface area contributed by atoms with E-state index in [1.54, 1.807) is 0 Å². The van der Waals surface area contributed by atoms with Gasteiger partial charge in [0.1, 0.15) is 0 Å². The number of rotatable bonds is 7. The molecule has 0 spiro atoms. The standard InChI is InChI=1S/C17H27N3O/c1-13(2)19-11-14-7-9-16(10-8-14)20(12-17(18)21)15-5-3-4-6-15/h7-10,13,15,19H,3-6,11-12H2,1-2H3,(H2,18,21). The number of anilines is 1. The fraction of sp³-hybridized carbons (Fsp3) is 0.588. The van der Waals surface area contributed by atoms with Crippen LogP contribution in [0.5, 0.6) is 0 Å². The quantitative estimate of drug-likeness (QED) is 0.810. The van der Waals surface area contributed by atoms with Gasteiger partial charge >= 0.3 is 0 Å². The summed E-state index contributed by atoms with van der Waals surface area (Å²) in [5.74, 6) is -0.257. The Hall–Kier alpha value is -1.55. The van der Waals surface area contributed by atoms with Crippen molar-refractivity contribution in [1.82, 2.24) is 5.32 Å². The number of carbonyl (C=O) groups is 1. The summed E-state index contributed by atoms with van der Waals surface area (Å²) < 4.78 is 0. The van der Waals surface area contributed by atoms with Crippen LogP contribution in [0.25, 0.3) is 0 Å². The first-order chi connectivity index (χ1) is 10.1. The molecule has 0 unspecified atom stereocenters. The summed E-state index contributed by atoms with van der Waals surface area (Å²) in [5.41, 5.74) is 7.79. The molecular weight excluding hydrogens is 262 g/mol. The molecule has 1 saturated carbocycles. The van der Waals surface area contributed by atoms with Gasteiger partial charge in [-0.15, -0.1) is 0 Å². The highest BCUT2D eigenvalue weighted by Gasteiger charge is 2.23. The minimum atomic E-state index is -0.257. The lowest BCUT2D eigenvalue weighted by molar-refractivity contribution is -0.116. The molecule has 1 amide bonds. The average Bonchev–Trinajstić information content (AvgIpc) is 2.97. The van der Waals surface area contributed by atoms with Gasteiger partial charge in [-0.2, -0.15) is 0 Å². The van der Waals surface area contributed by atoms with Crippen LogP contribution in [0.15, 0.2) is 24.3 Å². The van der Waals surface area contributed by atoms with Crippen LogP contribution in [0, 0.1) is 0 Å². The second kappa shape index (κ2) is 7.46. The molecule has 21 heavy (non-hydrogen) atoms. The highest BCUT2D eigenvalue weighted by molar-refractivity contribution is 5.79. The lowest BCUT2D eigenvalue weighted by Crippen LogP contribution is -2.40. The first-order valence-corrected chi connectivity index (χ1v) is 7.93. The largest absolute Gasteiger partial charge is 0.368 e. The Balaban J connectivity index is 2.06. The zero-order valence-electron chi connectivity index (χ0n) is 13.1. The van der Waals surface area contributed by atoms with Gasteiger partial charge in [-0.1, -0.05) is 38.8 Å². The van der Waals surface area contributed by atoms with Gasteiger partial charge in [0, 0.05) is 24.3 Å². The molecule has 0 radical (unpaired) electrons. The number of benzene rings is 1. The second-order valence-corrected chi connectivity index (χ2v) is 6.23. The van der Waals surface area contributed by atoms with Gasteiger partial charge in [0.05, 0.1) is 6.54 Å². The van der Waals surface area contributed by atoms with Crippen LogP contribution in [-0.2, 0) is 11.3 Å². The molecule has 0 saturated heterocycles. The third-order valence-corrected chi connectivity index (χ3v) is 4.07. The van der Waals surface area contributed by atoms with Crippen LogP contribution >= 0.6 is 0 Å². The normalized spacial score (nSPS) is 15.6. The van der Waals surface area contributed by atoms with Crippen molar-refractivity contribution in [2.24, 2.45) is 5.73 Å². The Morgan fingerprint density at radius 1 is 1.29 bits per heavy atom. The van der Waals surface area contributed by atoms with Crippen molar-refractivity contribution in [3.63, 3.8) is 0 Å². The Bertz CT molecular complexity index is 450. The SMILES string of the molecule is CC(C)NCc1ccc(N(CC(N)=O)C2CCCC2)cc1. The summed E-state index contributed by atoms with van der Waals surface area (Å²) in [7, 11) is 0. The molecule has 1 aromatic carbocycles. The van der Waals surface area contributed by atoms with Crippen LogP contribution < -0.4 is 16.0 Å². The predicted molar refractivity (Wildman–Crippen MR) is 87.2 cm³/mol. The molecule has 0 atom stereocenters. The molecule has 0 aliphatic heterocycles. The van der Waals surface area contributed by atoms with Crippen LogP contribution in [-0.4, -0.2) is 24.5 Å².